The fourth-order valence-corrected chi connectivity index (χ4v) is 1.98. The van der Waals surface area contributed by atoms with Crippen molar-refractivity contribution in [2.75, 3.05) is 5.32 Å². The van der Waals surface area contributed by atoms with Gasteiger partial charge in [-0.1, -0.05) is 0 Å². The number of carbonyl (C=O) groups excluding carboxylic acids is 1. The smallest absolute Gasteiger partial charge is 0.227 e. The number of nitrogens with one attached hydrogen (secondary N) is 1. The van der Waals surface area contributed by atoms with Crippen LogP contribution in [0.4, 0.5) is 5.69 Å². The minimum atomic E-state index is 0.0657. The van der Waals surface area contributed by atoms with Crippen LogP contribution in [0.25, 0.3) is 0 Å². The number of hydrogen-bond acceptors (Lipinski definition) is 3. The van der Waals surface area contributed by atoms with Gasteiger partial charge in [-0.15, -0.1) is 0 Å². The first-order chi connectivity index (χ1) is 7.15. The molecular formula is C10H16N4O. The average Bonchev–Trinajstić information content (AvgIpc) is 2.75. The summed E-state index contributed by atoms with van der Waals surface area (Å²) in [5, 5.41) is 6.84. The highest BCUT2D eigenvalue weighted by molar-refractivity contribution is 5.92. The number of carbonyl (C=O) groups is 1. The monoisotopic (exact) mass is 208 g/mol. The molecule has 2 unspecified atom stereocenters. The molecule has 0 radical (unpaired) electrons. The van der Waals surface area contributed by atoms with Crippen molar-refractivity contribution in [2.45, 2.75) is 25.3 Å². The number of hydrogen-bond donors (Lipinski definition) is 2. The SMILES string of the molecule is Cn1cc(NC(=O)C2CCC(N)C2)cn1. The zero-order valence-corrected chi connectivity index (χ0v) is 8.81. The predicted molar refractivity (Wildman–Crippen MR) is 57.2 cm³/mol. The Bertz CT molecular complexity index is 360. The highest BCUT2D eigenvalue weighted by atomic mass is 16.1. The summed E-state index contributed by atoms with van der Waals surface area (Å²) in [5.41, 5.74) is 6.52. The van der Waals surface area contributed by atoms with E-state index in [4.69, 9.17) is 5.73 Å². The molecule has 0 aliphatic heterocycles. The Morgan fingerprint density at radius 3 is 3.00 bits per heavy atom. The van der Waals surface area contributed by atoms with Gasteiger partial charge in [-0.2, -0.15) is 5.10 Å². The Morgan fingerprint density at radius 2 is 2.47 bits per heavy atom. The zero-order chi connectivity index (χ0) is 10.8. The van der Waals surface area contributed by atoms with Gasteiger partial charge in [-0.25, -0.2) is 0 Å². The molecule has 1 aliphatic carbocycles. The minimum absolute atomic E-state index is 0.0657. The third kappa shape index (κ3) is 2.36. The standard InChI is InChI=1S/C10H16N4O/c1-14-6-9(5-12-14)13-10(15)7-2-3-8(11)4-7/h5-8H,2-4,11H2,1H3,(H,13,15). The molecule has 3 N–H and O–H groups in total. The van der Waals surface area contributed by atoms with Crippen molar-refractivity contribution < 1.29 is 4.79 Å². The summed E-state index contributed by atoms with van der Waals surface area (Å²) in [6.45, 7) is 0. The van der Waals surface area contributed by atoms with Crippen molar-refractivity contribution in [3.05, 3.63) is 12.4 Å². The highest BCUT2D eigenvalue weighted by Crippen LogP contribution is 2.25. The van der Waals surface area contributed by atoms with Gasteiger partial charge in [0.1, 0.15) is 0 Å². The van der Waals surface area contributed by atoms with Crippen molar-refractivity contribution >= 4 is 11.6 Å². The second-order valence-electron chi connectivity index (χ2n) is 4.16. The van der Waals surface area contributed by atoms with Crippen molar-refractivity contribution in [1.29, 1.82) is 0 Å². The lowest BCUT2D eigenvalue weighted by Gasteiger charge is -2.08. The van der Waals surface area contributed by atoms with Crippen LogP contribution in [0, 0.1) is 5.92 Å². The van der Waals surface area contributed by atoms with Gasteiger partial charge in [0.25, 0.3) is 0 Å². The summed E-state index contributed by atoms with van der Waals surface area (Å²) in [6.07, 6.45) is 6.07. The molecule has 1 amide bonds. The van der Waals surface area contributed by atoms with E-state index >= 15 is 0 Å². The van der Waals surface area contributed by atoms with Gasteiger partial charge in [-0.3, -0.25) is 9.48 Å². The van der Waals surface area contributed by atoms with E-state index in [1.54, 1.807) is 17.1 Å². The zero-order valence-electron chi connectivity index (χ0n) is 8.81. The Kier molecular flexibility index (Phi) is 2.73. The fraction of sp³-hybridized carbons (Fsp3) is 0.600. The molecule has 0 spiro atoms. The van der Waals surface area contributed by atoms with Gasteiger partial charge in [-0.05, 0) is 19.3 Å². The molecule has 82 valence electrons. The number of amides is 1. The van der Waals surface area contributed by atoms with E-state index in [1.165, 1.54) is 0 Å². The quantitative estimate of drug-likeness (QED) is 0.742. The first kappa shape index (κ1) is 10.2. The van der Waals surface area contributed by atoms with Crippen LogP contribution in [0.1, 0.15) is 19.3 Å². The number of aryl methyl sites for hydroxylation is 1. The summed E-state index contributed by atoms with van der Waals surface area (Å²) in [5.74, 6) is 0.135. The normalized spacial score (nSPS) is 25.5. The molecular weight excluding hydrogens is 192 g/mol. The number of nitrogens with two attached hydrogens (primary N) is 1. The van der Waals surface area contributed by atoms with E-state index in [2.05, 4.69) is 10.4 Å². The van der Waals surface area contributed by atoms with Gasteiger partial charge in [0, 0.05) is 25.2 Å². The first-order valence-electron chi connectivity index (χ1n) is 5.20. The van der Waals surface area contributed by atoms with Crippen LogP contribution >= 0.6 is 0 Å². The Labute approximate surface area is 88.6 Å². The van der Waals surface area contributed by atoms with Crippen LogP contribution in [0.2, 0.25) is 0 Å². The molecule has 1 heterocycles. The predicted octanol–water partition coefficient (Wildman–Crippen LogP) is 0.486. The lowest BCUT2D eigenvalue weighted by Crippen LogP contribution is -2.23. The van der Waals surface area contributed by atoms with E-state index in [9.17, 15) is 4.79 Å². The second kappa shape index (κ2) is 4.02. The largest absolute Gasteiger partial charge is 0.328 e. The Hall–Kier alpha value is -1.36. The number of nitrogens with zero attached hydrogens (tertiary/aromatic N) is 2. The van der Waals surface area contributed by atoms with E-state index in [1.807, 2.05) is 7.05 Å². The van der Waals surface area contributed by atoms with Crippen molar-refractivity contribution in [3.63, 3.8) is 0 Å². The van der Waals surface area contributed by atoms with Crippen LogP contribution in [-0.2, 0) is 11.8 Å². The third-order valence-corrected chi connectivity index (χ3v) is 2.82. The van der Waals surface area contributed by atoms with E-state index in [0.29, 0.717) is 0 Å². The lowest BCUT2D eigenvalue weighted by atomic mass is 10.1. The molecule has 1 aromatic rings. The number of rotatable bonds is 2. The highest BCUT2D eigenvalue weighted by Gasteiger charge is 2.27. The molecule has 2 atom stereocenters. The van der Waals surface area contributed by atoms with Crippen LogP contribution in [0.3, 0.4) is 0 Å². The Morgan fingerprint density at radius 1 is 1.67 bits per heavy atom. The summed E-state index contributed by atoms with van der Waals surface area (Å²) >= 11 is 0. The van der Waals surface area contributed by atoms with Gasteiger partial charge < -0.3 is 11.1 Å². The van der Waals surface area contributed by atoms with E-state index < -0.39 is 0 Å². The molecule has 2 rings (SSSR count). The second-order valence-corrected chi connectivity index (χ2v) is 4.16. The third-order valence-electron chi connectivity index (χ3n) is 2.82. The van der Waals surface area contributed by atoms with Crippen LogP contribution in [0.15, 0.2) is 12.4 Å². The summed E-state index contributed by atoms with van der Waals surface area (Å²) in [7, 11) is 1.82. The summed E-state index contributed by atoms with van der Waals surface area (Å²) < 4.78 is 1.66. The van der Waals surface area contributed by atoms with Gasteiger partial charge >= 0.3 is 0 Å². The van der Waals surface area contributed by atoms with Crippen LogP contribution < -0.4 is 11.1 Å². The molecule has 0 bridgehead atoms. The molecule has 5 nitrogen and oxygen atoms in total. The molecule has 1 aromatic heterocycles. The van der Waals surface area contributed by atoms with Gasteiger partial charge in [0.15, 0.2) is 0 Å². The van der Waals surface area contributed by atoms with E-state index in [-0.39, 0.29) is 17.9 Å². The van der Waals surface area contributed by atoms with Crippen LogP contribution in [0.5, 0.6) is 0 Å². The van der Waals surface area contributed by atoms with Gasteiger partial charge in [0.05, 0.1) is 11.9 Å². The maximum atomic E-state index is 11.8. The average molecular weight is 208 g/mol. The summed E-state index contributed by atoms with van der Waals surface area (Å²) in [6, 6.07) is 0.189. The van der Waals surface area contributed by atoms with Crippen molar-refractivity contribution in [2.24, 2.45) is 18.7 Å². The Balaban J connectivity index is 1.92. The number of aromatic nitrogens is 2. The fourth-order valence-electron chi connectivity index (χ4n) is 1.98. The minimum Gasteiger partial charge on any atom is -0.328 e. The maximum Gasteiger partial charge on any atom is 0.227 e. The molecule has 1 aliphatic rings. The van der Waals surface area contributed by atoms with Crippen molar-refractivity contribution in [1.82, 2.24) is 9.78 Å². The molecule has 15 heavy (non-hydrogen) atoms. The number of anilines is 1. The first-order valence-corrected chi connectivity index (χ1v) is 5.20. The molecule has 5 heteroatoms. The van der Waals surface area contributed by atoms with Gasteiger partial charge in [0.2, 0.25) is 5.91 Å². The topological polar surface area (TPSA) is 72.9 Å². The maximum absolute atomic E-state index is 11.8. The molecule has 1 saturated carbocycles. The molecule has 0 saturated heterocycles. The van der Waals surface area contributed by atoms with Crippen molar-refractivity contribution in [3.8, 4) is 0 Å². The molecule has 0 aromatic carbocycles. The van der Waals surface area contributed by atoms with Crippen LogP contribution in [-0.4, -0.2) is 21.7 Å². The lowest BCUT2D eigenvalue weighted by molar-refractivity contribution is -0.119. The molecule has 1 fully saturated rings. The summed E-state index contributed by atoms with van der Waals surface area (Å²) in [4.78, 5) is 11.8. The van der Waals surface area contributed by atoms with E-state index in [0.717, 1.165) is 24.9 Å².